The van der Waals surface area contributed by atoms with Gasteiger partial charge in [0.25, 0.3) is 0 Å². The lowest BCUT2D eigenvalue weighted by atomic mass is 10.3. The van der Waals surface area contributed by atoms with Crippen molar-refractivity contribution in [3.05, 3.63) is 40.6 Å². The Hall–Kier alpha value is -1.52. The van der Waals surface area contributed by atoms with E-state index in [9.17, 15) is 0 Å². The predicted molar refractivity (Wildman–Crippen MR) is 66.2 cm³/mol. The van der Waals surface area contributed by atoms with E-state index in [1.807, 2.05) is 0 Å². The fourth-order valence-corrected chi connectivity index (χ4v) is 1.47. The van der Waals surface area contributed by atoms with Gasteiger partial charge in [-0.2, -0.15) is 0 Å². The molecule has 4 nitrogen and oxygen atoms in total. The summed E-state index contributed by atoms with van der Waals surface area (Å²) in [5.74, 6) is 0.918. The third kappa shape index (κ3) is 2.53. The number of rotatable bonds is 2. The molecule has 0 aliphatic rings. The summed E-state index contributed by atoms with van der Waals surface area (Å²) in [5, 5.41) is 4.15. The van der Waals surface area contributed by atoms with Crippen LogP contribution in [0.5, 0.6) is 0 Å². The molecular formula is C10H8Cl2N4. The van der Waals surface area contributed by atoms with E-state index in [1.165, 1.54) is 12.4 Å². The lowest BCUT2D eigenvalue weighted by Gasteiger charge is -2.07. The van der Waals surface area contributed by atoms with Gasteiger partial charge < -0.3 is 11.1 Å². The monoisotopic (exact) mass is 254 g/mol. The van der Waals surface area contributed by atoms with Crippen molar-refractivity contribution in [2.24, 2.45) is 0 Å². The Morgan fingerprint density at radius 3 is 2.62 bits per heavy atom. The Bertz CT molecular complexity index is 499. The van der Waals surface area contributed by atoms with Crippen LogP contribution >= 0.6 is 23.2 Å². The van der Waals surface area contributed by atoms with Gasteiger partial charge in [-0.25, -0.2) is 9.97 Å². The van der Waals surface area contributed by atoms with E-state index < -0.39 is 0 Å². The second kappa shape index (κ2) is 4.55. The number of halogens is 2. The molecule has 0 atom stereocenters. The minimum atomic E-state index is 0.364. The molecular weight excluding hydrogens is 247 g/mol. The van der Waals surface area contributed by atoms with Gasteiger partial charge in [-0.3, -0.25) is 0 Å². The van der Waals surface area contributed by atoms with E-state index in [0.717, 1.165) is 0 Å². The highest BCUT2D eigenvalue weighted by atomic mass is 35.5. The molecule has 16 heavy (non-hydrogen) atoms. The van der Waals surface area contributed by atoms with Crippen LogP contribution in [0.1, 0.15) is 0 Å². The minimum Gasteiger partial charge on any atom is -0.382 e. The van der Waals surface area contributed by atoms with Gasteiger partial charge in [0.2, 0.25) is 0 Å². The molecule has 2 rings (SSSR count). The van der Waals surface area contributed by atoms with E-state index in [4.69, 9.17) is 28.9 Å². The molecule has 1 aromatic heterocycles. The second-order valence-corrected chi connectivity index (χ2v) is 3.92. The molecule has 0 radical (unpaired) electrons. The van der Waals surface area contributed by atoms with Crippen molar-refractivity contribution in [3.8, 4) is 0 Å². The fourth-order valence-electron chi connectivity index (χ4n) is 1.13. The van der Waals surface area contributed by atoms with E-state index >= 15 is 0 Å². The Morgan fingerprint density at radius 2 is 1.94 bits per heavy atom. The Labute approximate surface area is 102 Å². The molecule has 2 aromatic rings. The van der Waals surface area contributed by atoms with E-state index in [0.29, 0.717) is 27.4 Å². The first-order chi connectivity index (χ1) is 7.65. The third-order valence-corrected chi connectivity index (χ3v) is 2.43. The van der Waals surface area contributed by atoms with Crippen LogP contribution in [0.4, 0.5) is 17.3 Å². The number of aromatic nitrogens is 2. The smallest absolute Gasteiger partial charge is 0.149 e. The van der Waals surface area contributed by atoms with Gasteiger partial charge in [-0.15, -0.1) is 0 Å². The maximum Gasteiger partial charge on any atom is 0.149 e. The molecule has 0 saturated heterocycles. The van der Waals surface area contributed by atoms with Gasteiger partial charge in [0.1, 0.15) is 11.6 Å². The molecule has 0 unspecified atom stereocenters. The summed E-state index contributed by atoms with van der Waals surface area (Å²) in [6.07, 6.45) is 2.98. The summed E-state index contributed by atoms with van der Waals surface area (Å²) >= 11 is 11.8. The number of hydrogen-bond acceptors (Lipinski definition) is 4. The van der Waals surface area contributed by atoms with Crippen molar-refractivity contribution >= 4 is 40.5 Å². The zero-order chi connectivity index (χ0) is 11.5. The van der Waals surface area contributed by atoms with Gasteiger partial charge in [-0.05, 0) is 18.2 Å². The summed E-state index contributed by atoms with van der Waals surface area (Å²) < 4.78 is 0. The van der Waals surface area contributed by atoms with Gasteiger partial charge >= 0.3 is 0 Å². The van der Waals surface area contributed by atoms with Crippen molar-refractivity contribution in [1.82, 2.24) is 9.97 Å². The zero-order valence-corrected chi connectivity index (χ0v) is 9.63. The van der Waals surface area contributed by atoms with Gasteiger partial charge in [0.05, 0.1) is 23.1 Å². The quantitative estimate of drug-likeness (QED) is 0.865. The maximum absolute atomic E-state index is 5.98. The lowest BCUT2D eigenvalue weighted by molar-refractivity contribution is 1.21. The van der Waals surface area contributed by atoms with Crippen molar-refractivity contribution in [2.75, 3.05) is 11.1 Å². The molecule has 3 N–H and O–H groups in total. The highest BCUT2D eigenvalue weighted by molar-refractivity contribution is 6.35. The number of nitrogens with one attached hydrogen (secondary N) is 1. The highest BCUT2D eigenvalue weighted by Crippen LogP contribution is 2.27. The van der Waals surface area contributed by atoms with E-state index in [1.54, 1.807) is 18.2 Å². The second-order valence-electron chi connectivity index (χ2n) is 3.08. The van der Waals surface area contributed by atoms with Crippen LogP contribution in [-0.4, -0.2) is 9.97 Å². The van der Waals surface area contributed by atoms with Crippen LogP contribution in [-0.2, 0) is 0 Å². The van der Waals surface area contributed by atoms with E-state index in [-0.39, 0.29) is 0 Å². The first kappa shape index (κ1) is 11.0. The summed E-state index contributed by atoms with van der Waals surface area (Å²) in [6.45, 7) is 0. The van der Waals surface area contributed by atoms with Crippen LogP contribution in [0, 0.1) is 0 Å². The summed E-state index contributed by atoms with van der Waals surface area (Å²) in [4.78, 5) is 7.95. The Morgan fingerprint density at radius 1 is 1.12 bits per heavy atom. The van der Waals surface area contributed by atoms with Gasteiger partial charge in [-0.1, -0.05) is 23.2 Å². The topological polar surface area (TPSA) is 63.8 Å². The molecule has 1 aromatic carbocycles. The lowest BCUT2D eigenvalue weighted by Crippen LogP contribution is -1.97. The fraction of sp³-hybridized carbons (Fsp3) is 0. The molecule has 1 heterocycles. The van der Waals surface area contributed by atoms with E-state index in [2.05, 4.69) is 15.3 Å². The summed E-state index contributed by atoms with van der Waals surface area (Å²) in [5.41, 5.74) is 6.10. The Kier molecular flexibility index (Phi) is 3.12. The zero-order valence-electron chi connectivity index (χ0n) is 8.11. The number of benzene rings is 1. The molecule has 0 spiro atoms. The highest BCUT2D eigenvalue weighted by Gasteiger charge is 2.02. The predicted octanol–water partition coefficient (Wildman–Crippen LogP) is 3.11. The molecule has 82 valence electrons. The number of nitrogens with zero attached hydrogens (tertiary/aromatic N) is 2. The van der Waals surface area contributed by atoms with Crippen molar-refractivity contribution in [1.29, 1.82) is 0 Å². The van der Waals surface area contributed by atoms with Crippen molar-refractivity contribution in [3.63, 3.8) is 0 Å². The molecule has 0 amide bonds. The molecule has 0 aliphatic carbocycles. The van der Waals surface area contributed by atoms with Gasteiger partial charge in [0.15, 0.2) is 0 Å². The Balaban J connectivity index is 2.26. The standard InChI is InChI=1S/C10H8Cl2N4/c11-6-1-2-7(12)8(3-6)16-10-5-14-9(13)4-15-10/h1-5H,(H2,13,14)(H,15,16). The van der Waals surface area contributed by atoms with Crippen LogP contribution in [0.25, 0.3) is 0 Å². The average Bonchev–Trinajstić information content (AvgIpc) is 2.27. The number of nitrogen functional groups attached to an aromatic ring is 1. The van der Waals surface area contributed by atoms with Crippen LogP contribution in [0.15, 0.2) is 30.6 Å². The van der Waals surface area contributed by atoms with Crippen LogP contribution < -0.4 is 11.1 Å². The van der Waals surface area contributed by atoms with Gasteiger partial charge in [0, 0.05) is 5.02 Å². The third-order valence-electron chi connectivity index (χ3n) is 1.86. The first-order valence-corrected chi connectivity index (χ1v) is 5.20. The average molecular weight is 255 g/mol. The first-order valence-electron chi connectivity index (χ1n) is 4.45. The van der Waals surface area contributed by atoms with Crippen molar-refractivity contribution < 1.29 is 0 Å². The summed E-state index contributed by atoms with van der Waals surface area (Å²) in [6, 6.07) is 5.13. The molecule has 6 heteroatoms. The normalized spacial score (nSPS) is 10.1. The molecule has 0 aliphatic heterocycles. The molecule has 0 fully saturated rings. The molecule has 0 bridgehead atoms. The SMILES string of the molecule is Nc1cnc(Nc2cc(Cl)ccc2Cl)cn1. The van der Waals surface area contributed by atoms with Crippen LogP contribution in [0.2, 0.25) is 10.0 Å². The molecule has 0 saturated carbocycles. The number of hydrogen-bond donors (Lipinski definition) is 2. The minimum absolute atomic E-state index is 0.364. The maximum atomic E-state index is 5.98. The van der Waals surface area contributed by atoms with Crippen LogP contribution in [0.3, 0.4) is 0 Å². The van der Waals surface area contributed by atoms with Crippen molar-refractivity contribution in [2.45, 2.75) is 0 Å². The number of nitrogens with two attached hydrogens (primary N) is 1. The largest absolute Gasteiger partial charge is 0.382 e. The number of anilines is 3. The summed E-state index contributed by atoms with van der Waals surface area (Å²) in [7, 11) is 0.